The summed E-state index contributed by atoms with van der Waals surface area (Å²) in [6, 6.07) is 6.42. The van der Waals surface area contributed by atoms with Crippen LogP contribution in [0.15, 0.2) is 44.0 Å². The molecule has 1 saturated carbocycles. The maximum absolute atomic E-state index is 12.4. The van der Waals surface area contributed by atoms with E-state index in [1.54, 1.807) is 24.3 Å². The zero-order valence-corrected chi connectivity index (χ0v) is 14.9. The Morgan fingerprint density at radius 1 is 1.29 bits per heavy atom. The highest BCUT2D eigenvalue weighted by Crippen LogP contribution is 2.60. The van der Waals surface area contributed by atoms with Crippen LogP contribution in [0, 0.1) is 24.2 Å². The first-order chi connectivity index (χ1) is 11.2. The third kappa shape index (κ3) is 3.08. The van der Waals surface area contributed by atoms with Crippen LogP contribution in [0.1, 0.15) is 19.4 Å². The molecule has 0 amide bonds. The number of aryl methyl sites for hydroxylation is 1. The Morgan fingerprint density at radius 3 is 2.67 bits per heavy atom. The van der Waals surface area contributed by atoms with E-state index >= 15 is 0 Å². The summed E-state index contributed by atoms with van der Waals surface area (Å²) in [5.74, 6) is -0.394. The molecule has 0 aliphatic heterocycles. The van der Waals surface area contributed by atoms with Gasteiger partial charge in [0, 0.05) is 17.5 Å². The molecule has 24 heavy (non-hydrogen) atoms. The molecule has 0 bridgehead atoms. The van der Waals surface area contributed by atoms with Crippen LogP contribution in [-0.4, -0.2) is 5.97 Å². The number of hydrogen-bond donors (Lipinski definition) is 0. The van der Waals surface area contributed by atoms with Gasteiger partial charge in [0.1, 0.15) is 15.8 Å². The summed E-state index contributed by atoms with van der Waals surface area (Å²) in [5, 5.41) is 0.802. The molecule has 0 N–H and O–H groups in total. The molecule has 1 heterocycles. The molecule has 0 spiro atoms. The van der Waals surface area contributed by atoms with Gasteiger partial charge in [0.15, 0.2) is 0 Å². The first-order valence-electron chi connectivity index (χ1n) is 7.49. The molecule has 6 heteroatoms. The minimum Gasteiger partial charge on any atom is -0.426 e. The molecule has 0 saturated heterocycles. The third-order valence-corrected chi connectivity index (χ3v) is 4.86. The maximum atomic E-state index is 12.4. The maximum Gasteiger partial charge on any atom is 0.336 e. The smallest absolute Gasteiger partial charge is 0.336 e. The number of allylic oxidation sites excluding steroid dienone is 1. The monoisotopic (exact) mass is 366 g/mol. The van der Waals surface area contributed by atoms with Crippen LogP contribution >= 0.6 is 23.2 Å². The van der Waals surface area contributed by atoms with E-state index in [2.05, 4.69) is 0 Å². The molecule has 126 valence electrons. The second kappa shape index (κ2) is 5.94. The second-order valence-corrected chi connectivity index (χ2v) is 7.62. The van der Waals surface area contributed by atoms with E-state index in [0.29, 0.717) is 11.3 Å². The van der Waals surface area contributed by atoms with Gasteiger partial charge in [-0.25, -0.2) is 4.79 Å². The highest BCUT2D eigenvalue weighted by Gasteiger charge is 2.61. The molecule has 2 aromatic rings. The summed E-state index contributed by atoms with van der Waals surface area (Å²) in [5.41, 5.74) is 0.505. The van der Waals surface area contributed by atoms with E-state index < -0.39 is 5.63 Å². The van der Waals surface area contributed by atoms with Crippen molar-refractivity contribution in [3.63, 3.8) is 0 Å². The van der Waals surface area contributed by atoms with E-state index in [9.17, 15) is 9.59 Å². The first kappa shape index (κ1) is 17.1. The van der Waals surface area contributed by atoms with Crippen molar-refractivity contribution in [2.75, 3.05) is 0 Å². The number of carbonyl (C=O) groups excluding carboxylic acids is 1. The average Bonchev–Trinajstić information content (AvgIpc) is 2.98. The van der Waals surface area contributed by atoms with Gasteiger partial charge in [-0.15, -0.1) is 0 Å². The fraction of sp³-hybridized carbons (Fsp3) is 0.333. The van der Waals surface area contributed by atoms with E-state index in [4.69, 9.17) is 32.4 Å². The quantitative estimate of drug-likeness (QED) is 0.452. The van der Waals surface area contributed by atoms with Crippen molar-refractivity contribution in [1.82, 2.24) is 0 Å². The standard InChI is InChI=1S/C18H16Cl2O4/c1-9-6-15(21)24-13-7-10(4-5-11(9)13)23-17(22)16-12(8-14(19)20)18(16,2)3/h4-8,12,16H,1-3H3/t12-,16-/m1/s1. The summed E-state index contributed by atoms with van der Waals surface area (Å²) in [4.78, 5) is 23.9. The zero-order chi connectivity index (χ0) is 17.6. The van der Waals surface area contributed by atoms with Gasteiger partial charge in [0.2, 0.25) is 0 Å². The number of rotatable bonds is 3. The number of fused-ring (bicyclic) bond motifs is 1. The van der Waals surface area contributed by atoms with E-state index in [0.717, 1.165) is 10.9 Å². The topological polar surface area (TPSA) is 56.5 Å². The Balaban J connectivity index is 1.84. The van der Waals surface area contributed by atoms with Crippen LogP contribution in [0.5, 0.6) is 5.75 Å². The molecule has 2 atom stereocenters. The fourth-order valence-corrected chi connectivity index (χ4v) is 3.39. The van der Waals surface area contributed by atoms with Crippen LogP contribution < -0.4 is 10.4 Å². The van der Waals surface area contributed by atoms with Gasteiger partial charge in [-0.05, 0) is 42.0 Å². The predicted octanol–water partition coefficient (Wildman–Crippen LogP) is 4.60. The minimum atomic E-state index is -0.436. The molecular formula is C18H16Cl2O4. The van der Waals surface area contributed by atoms with E-state index in [-0.39, 0.29) is 27.7 Å². The Hall–Kier alpha value is -1.78. The van der Waals surface area contributed by atoms with Crippen LogP contribution in [0.25, 0.3) is 11.0 Å². The lowest BCUT2D eigenvalue weighted by Gasteiger charge is -2.07. The first-order valence-corrected chi connectivity index (χ1v) is 8.25. The molecule has 1 aromatic carbocycles. The number of ether oxygens (including phenoxy) is 1. The van der Waals surface area contributed by atoms with Gasteiger partial charge >= 0.3 is 11.6 Å². The Labute approximate surface area is 149 Å². The van der Waals surface area contributed by atoms with Gasteiger partial charge in [-0.2, -0.15) is 0 Å². The molecular weight excluding hydrogens is 351 g/mol. The lowest BCUT2D eigenvalue weighted by atomic mass is 10.1. The minimum absolute atomic E-state index is 0.0596. The lowest BCUT2D eigenvalue weighted by molar-refractivity contribution is -0.136. The van der Waals surface area contributed by atoms with Gasteiger partial charge in [-0.3, -0.25) is 4.79 Å². The van der Waals surface area contributed by atoms with E-state index in [1.807, 2.05) is 20.8 Å². The predicted molar refractivity (Wildman–Crippen MR) is 93.4 cm³/mol. The van der Waals surface area contributed by atoms with Gasteiger partial charge in [0.25, 0.3) is 0 Å². The average molecular weight is 367 g/mol. The van der Waals surface area contributed by atoms with E-state index in [1.165, 1.54) is 6.07 Å². The molecule has 1 aliphatic carbocycles. The SMILES string of the molecule is Cc1cc(=O)oc2cc(OC(=O)[C@H]3[C@@H](C=C(Cl)Cl)C3(C)C)ccc12. The van der Waals surface area contributed by atoms with Crippen molar-refractivity contribution in [2.24, 2.45) is 17.3 Å². The largest absolute Gasteiger partial charge is 0.426 e. The zero-order valence-electron chi connectivity index (χ0n) is 13.4. The van der Waals surface area contributed by atoms with Crippen molar-refractivity contribution in [3.8, 4) is 5.75 Å². The van der Waals surface area contributed by atoms with Crippen LogP contribution in [-0.2, 0) is 4.79 Å². The summed E-state index contributed by atoms with van der Waals surface area (Å²) >= 11 is 11.4. The summed E-state index contributed by atoms with van der Waals surface area (Å²) in [6.07, 6.45) is 1.66. The molecule has 0 unspecified atom stereocenters. The lowest BCUT2D eigenvalue weighted by Crippen LogP contribution is -2.14. The van der Waals surface area contributed by atoms with Crippen LogP contribution in [0.4, 0.5) is 0 Å². The number of benzene rings is 1. The molecule has 3 rings (SSSR count). The van der Waals surface area contributed by atoms with Gasteiger partial charge in [-0.1, -0.05) is 37.0 Å². The van der Waals surface area contributed by atoms with Crippen molar-refractivity contribution in [3.05, 3.63) is 50.8 Å². The second-order valence-electron chi connectivity index (χ2n) is 6.61. The molecule has 1 aromatic heterocycles. The summed E-state index contributed by atoms with van der Waals surface area (Å²) < 4.78 is 10.8. The van der Waals surface area contributed by atoms with Gasteiger partial charge < -0.3 is 9.15 Å². The Kier molecular flexibility index (Phi) is 4.22. The highest BCUT2D eigenvalue weighted by atomic mass is 35.5. The summed E-state index contributed by atoms with van der Waals surface area (Å²) in [6.45, 7) is 5.74. The Bertz CT molecular complexity index is 907. The highest BCUT2D eigenvalue weighted by molar-refractivity contribution is 6.55. The molecule has 4 nitrogen and oxygen atoms in total. The van der Waals surface area contributed by atoms with Crippen molar-refractivity contribution in [2.45, 2.75) is 20.8 Å². The number of carbonyl (C=O) groups is 1. The Morgan fingerprint density at radius 2 is 2.00 bits per heavy atom. The number of hydrogen-bond acceptors (Lipinski definition) is 4. The number of halogens is 2. The van der Waals surface area contributed by atoms with Crippen molar-refractivity contribution >= 4 is 40.1 Å². The van der Waals surface area contributed by atoms with Crippen molar-refractivity contribution in [1.29, 1.82) is 0 Å². The van der Waals surface area contributed by atoms with Crippen LogP contribution in [0.2, 0.25) is 0 Å². The van der Waals surface area contributed by atoms with Crippen molar-refractivity contribution < 1.29 is 13.9 Å². The number of esters is 1. The van der Waals surface area contributed by atoms with Crippen LogP contribution in [0.3, 0.4) is 0 Å². The molecule has 0 radical (unpaired) electrons. The van der Waals surface area contributed by atoms with Gasteiger partial charge in [0.05, 0.1) is 5.92 Å². The third-order valence-electron chi connectivity index (χ3n) is 4.61. The summed E-state index contributed by atoms with van der Waals surface area (Å²) in [7, 11) is 0. The molecule has 1 fully saturated rings. The molecule has 1 aliphatic rings. The normalized spacial score (nSPS) is 21.4. The fourth-order valence-electron chi connectivity index (χ4n) is 3.12.